The van der Waals surface area contributed by atoms with Gasteiger partial charge in [0.2, 0.25) is 0 Å². The molecule has 2 aromatic rings. The molecule has 148 valence electrons. The van der Waals surface area contributed by atoms with Gasteiger partial charge in [-0.1, -0.05) is 0 Å². The van der Waals surface area contributed by atoms with E-state index in [4.69, 9.17) is 9.15 Å². The normalized spacial score (nSPS) is 15.3. The predicted molar refractivity (Wildman–Crippen MR) is 103 cm³/mol. The molecule has 1 saturated heterocycles. The van der Waals surface area contributed by atoms with Crippen molar-refractivity contribution < 1.29 is 13.9 Å². The van der Waals surface area contributed by atoms with E-state index >= 15 is 0 Å². The van der Waals surface area contributed by atoms with E-state index in [1.54, 1.807) is 0 Å². The second kappa shape index (κ2) is 8.71. The number of ether oxygens (including phenoxy) is 1. The minimum atomic E-state index is -0.139. The first-order valence-corrected chi connectivity index (χ1v) is 9.62. The van der Waals surface area contributed by atoms with Crippen molar-refractivity contribution in [2.45, 2.75) is 40.2 Å². The number of aromatic nitrogens is 2. The predicted octanol–water partition coefficient (Wildman–Crippen LogP) is 2.13. The molecule has 0 saturated carbocycles. The van der Waals surface area contributed by atoms with E-state index in [1.807, 2.05) is 31.6 Å². The number of carbonyl (C=O) groups is 1. The second-order valence-corrected chi connectivity index (χ2v) is 7.25. The smallest absolute Gasteiger partial charge is 0.287 e. The zero-order valence-corrected chi connectivity index (χ0v) is 16.8. The van der Waals surface area contributed by atoms with Crippen LogP contribution in [-0.4, -0.2) is 53.4 Å². The SMILES string of the molecule is Cc1cc(CN2CCOCC2)oc1C(=O)NCCCc1c(C)nn(C)c1C. The molecule has 3 rings (SSSR count). The Kier molecular flexibility index (Phi) is 6.34. The Balaban J connectivity index is 1.49. The standard InChI is InChI=1S/C20H30N4O3/c1-14-12-17(13-24-8-10-26-11-9-24)27-19(14)20(25)21-7-5-6-18-15(2)22-23(4)16(18)3/h12H,5-11,13H2,1-4H3,(H,21,25). The van der Waals surface area contributed by atoms with Crippen molar-refractivity contribution in [3.8, 4) is 0 Å². The van der Waals surface area contributed by atoms with Gasteiger partial charge in [-0.25, -0.2) is 0 Å². The van der Waals surface area contributed by atoms with E-state index in [9.17, 15) is 4.79 Å². The van der Waals surface area contributed by atoms with Crippen LogP contribution in [0, 0.1) is 20.8 Å². The van der Waals surface area contributed by atoms with Gasteiger partial charge in [-0.2, -0.15) is 5.10 Å². The first kappa shape index (κ1) is 19.6. The number of hydrogen-bond acceptors (Lipinski definition) is 5. The molecule has 7 nitrogen and oxygen atoms in total. The maximum Gasteiger partial charge on any atom is 0.287 e. The Morgan fingerprint density at radius 1 is 1.26 bits per heavy atom. The van der Waals surface area contributed by atoms with Gasteiger partial charge < -0.3 is 14.5 Å². The molecule has 0 bridgehead atoms. The van der Waals surface area contributed by atoms with Crippen molar-refractivity contribution in [2.24, 2.45) is 7.05 Å². The maximum atomic E-state index is 12.5. The summed E-state index contributed by atoms with van der Waals surface area (Å²) in [5.74, 6) is 1.12. The molecule has 0 spiro atoms. The summed E-state index contributed by atoms with van der Waals surface area (Å²) in [6.07, 6.45) is 1.78. The number of hydrogen-bond donors (Lipinski definition) is 1. The van der Waals surface area contributed by atoms with Crippen LogP contribution in [0.2, 0.25) is 0 Å². The first-order valence-electron chi connectivity index (χ1n) is 9.62. The number of rotatable bonds is 7. The molecule has 0 atom stereocenters. The van der Waals surface area contributed by atoms with Gasteiger partial charge in [-0.15, -0.1) is 0 Å². The molecule has 3 heterocycles. The number of nitrogens with zero attached hydrogens (tertiary/aromatic N) is 3. The molecule has 1 fully saturated rings. The van der Waals surface area contributed by atoms with Crippen LogP contribution in [0.5, 0.6) is 0 Å². The van der Waals surface area contributed by atoms with Crippen LogP contribution >= 0.6 is 0 Å². The highest BCUT2D eigenvalue weighted by Gasteiger charge is 2.18. The molecule has 1 N–H and O–H groups in total. The highest BCUT2D eigenvalue weighted by Crippen LogP contribution is 2.17. The molecule has 0 aromatic carbocycles. The van der Waals surface area contributed by atoms with Crippen molar-refractivity contribution in [1.82, 2.24) is 20.0 Å². The van der Waals surface area contributed by atoms with Crippen LogP contribution in [0.3, 0.4) is 0 Å². The number of aryl methyl sites for hydroxylation is 3. The summed E-state index contributed by atoms with van der Waals surface area (Å²) in [5, 5.41) is 7.42. The van der Waals surface area contributed by atoms with Crippen LogP contribution in [0.1, 0.15) is 45.3 Å². The van der Waals surface area contributed by atoms with Crippen molar-refractivity contribution in [3.05, 3.63) is 40.1 Å². The molecular formula is C20H30N4O3. The highest BCUT2D eigenvalue weighted by atomic mass is 16.5. The molecule has 1 aliphatic heterocycles. The molecule has 2 aromatic heterocycles. The maximum absolute atomic E-state index is 12.5. The van der Waals surface area contributed by atoms with Gasteiger partial charge in [0.05, 0.1) is 25.5 Å². The topological polar surface area (TPSA) is 72.5 Å². The van der Waals surface area contributed by atoms with Crippen LogP contribution in [0.4, 0.5) is 0 Å². The van der Waals surface area contributed by atoms with Crippen molar-refractivity contribution in [3.63, 3.8) is 0 Å². The summed E-state index contributed by atoms with van der Waals surface area (Å²) >= 11 is 0. The quantitative estimate of drug-likeness (QED) is 0.752. The zero-order valence-electron chi connectivity index (χ0n) is 16.8. The van der Waals surface area contributed by atoms with Gasteiger partial charge in [0, 0.05) is 37.9 Å². The average molecular weight is 374 g/mol. The van der Waals surface area contributed by atoms with Gasteiger partial charge >= 0.3 is 0 Å². The molecule has 0 aliphatic carbocycles. The molecule has 0 radical (unpaired) electrons. The Hall–Kier alpha value is -2.12. The van der Waals surface area contributed by atoms with Gasteiger partial charge in [0.25, 0.3) is 5.91 Å². The Morgan fingerprint density at radius 3 is 2.67 bits per heavy atom. The van der Waals surface area contributed by atoms with Crippen LogP contribution in [0.15, 0.2) is 10.5 Å². The molecular weight excluding hydrogens is 344 g/mol. The summed E-state index contributed by atoms with van der Waals surface area (Å²) in [6, 6.07) is 1.97. The Morgan fingerprint density at radius 2 is 2.00 bits per heavy atom. The fourth-order valence-corrected chi connectivity index (χ4v) is 3.56. The van der Waals surface area contributed by atoms with E-state index in [0.29, 0.717) is 12.3 Å². The molecule has 27 heavy (non-hydrogen) atoms. The Labute approximate surface area is 160 Å². The minimum absolute atomic E-state index is 0.139. The Bertz CT molecular complexity index is 787. The second-order valence-electron chi connectivity index (χ2n) is 7.25. The number of amides is 1. The monoisotopic (exact) mass is 374 g/mol. The lowest BCUT2D eigenvalue weighted by Gasteiger charge is -2.25. The lowest BCUT2D eigenvalue weighted by atomic mass is 10.1. The summed E-state index contributed by atoms with van der Waals surface area (Å²) in [5.41, 5.74) is 4.41. The number of morpholine rings is 1. The van der Waals surface area contributed by atoms with Gasteiger partial charge in [0.15, 0.2) is 5.76 Å². The third-order valence-corrected chi connectivity index (χ3v) is 5.21. The third kappa shape index (κ3) is 4.78. The lowest BCUT2D eigenvalue weighted by molar-refractivity contribution is 0.0311. The average Bonchev–Trinajstić information content (AvgIpc) is 3.12. The van der Waals surface area contributed by atoms with Gasteiger partial charge in [-0.3, -0.25) is 14.4 Å². The van der Waals surface area contributed by atoms with Crippen molar-refractivity contribution in [1.29, 1.82) is 0 Å². The van der Waals surface area contributed by atoms with E-state index < -0.39 is 0 Å². The van der Waals surface area contributed by atoms with Crippen molar-refractivity contribution >= 4 is 5.91 Å². The van der Waals surface area contributed by atoms with Crippen LogP contribution < -0.4 is 5.32 Å². The van der Waals surface area contributed by atoms with E-state index in [1.165, 1.54) is 11.3 Å². The largest absolute Gasteiger partial charge is 0.454 e. The molecule has 7 heteroatoms. The fourth-order valence-electron chi connectivity index (χ4n) is 3.56. The molecule has 1 aliphatic rings. The number of nitrogens with one attached hydrogen (secondary N) is 1. The van der Waals surface area contributed by atoms with Crippen LogP contribution in [0.25, 0.3) is 0 Å². The third-order valence-electron chi connectivity index (χ3n) is 5.21. The summed E-state index contributed by atoms with van der Waals surface area (Å²) < 4.78 is 13.1. The fraction of sp³-hybridized carbons (Fsp3) is 0.600. The summed E-state index contributed by atoms with van der Waals surface area (Å²) in [7, 11) is 1.96. The number of carbonyl (C=O) groups excluding carboxylic acids is 1. The zero-order chi connectivity index (χ0) is 19.4. The molecule has 1 amide bonds. The van der Waals surface area contributed by atoms with Crippen LogP contribution in [-0.2, 0) is 24.8 Å². The highest BCUT2D eigenvalue weighted by molar-refractivity contribution is 5.92. The van der Waals surface area contributed by atoms with E-state index in [2.05, 4.69) is 22.2 Å². The lowest BCUT2D eigenvalue weighted by Crippen LogP contribution is -2.35. The minimum Gasteiger partial charge on any atom is -0.454 e. The van der Waals surface area contributed by atoms with E-state index in [-0.39, 0.29) is 5.91 Å². The van der Waals surface area contributed by atoms with Gasteiger partial charge in [-0.05, 0) is 45.2 Å². The first-order chi connectivity index (χ1) is 13.0. The van der Waals surface area contributed by atoms with Gasteiger partial charge in [0.1, 0.15) is 5.76 Å². The van der Waals surface area contributed by atoms with Crippen molar-refractivity contribution in [2.75, 3.05) is 32.8 Å². The molecule has 0 unspecified atom stereocenters. The summed E-state index contributed by atoms with van der Waals surface area (Å²) in [4.78, 5) is 14.7. The van der Waals surface area contributed by atoms with E-state index in [0.717, 1.165) is 62.7 Å². The number of furan rings is 1. The summed E-state index contributed by atoms with van der Waals surface area (Å²) in [6.45, 7) is 10.7.